The number of ether oxygens (including phenoxy) is 1. The zero-order chi connectivity index (χ0) is 24.7. The van der Waals surface area contributed by atoms with Crippen LogP contribution in [0.2, 0.25) is 0 Å². The third-order valence-corrected chi connectivity index (χ3v) is 8.26. The maximum atomic E-state index is 12.9. The van der Waals surface area contributed by atoms with Crippen molar-refractivity contribution in [1.82, 2.24) is 10.6 Å². The molecule has 3 N–H and O–H groups in total. The Kier molecular flexibility index (Phi) is 8.70. The van der Waals surface area contributed by atoms with Crippen molar-refractivity contribution >= 4 is 45.1 Å². The molecule has 0 aliphatic carbocycles. The van der Waals surface area contributed by atoms with E-state index < -0.39 is 32.5 Å². The Hall–Kier alpha value is -2.89. The summed E-state index contributed by atoms with van der Waals surface area (Å²) in [6, 6.07) is 12.8. The number of aryl methyl sites for hydroxylation is 1. The van der Waals surface area contributed by atoms with Crippen molar-refractivity contribution in [3.8, 4) is 0 Å². The first kappa shape index (κ1) is 25.7. The normalized spacial score (nSPS) is 18.1. The van der Waals surface area contributed by atoms with E-state index in [0.29, 0.717) is 11.3 Å². The van der Waals surface area contributed by atoms with E-state index in [2.05, 4.69) is 16.0 Å². The minimum Gasteiger partial charge on any atom is -0.462 e. The van der Waals surface area contributed by atoms with Crippen molar-refractivity contribution in [1.29, 1.82) is 0 Å². The van der Waals surface area contributed by atoms with Crippen molar-refractivity contribution in [3.05, 3.63) is 59.7 Å². The fraction of sp³-hybridized carbons (Fsp3) is 0.348. The van der Waals surface area contributed by atoms with Gasteiger partial charge in [-0.15, -0.1) is 11.8 Å². The molecule has 1 saturated heterocycles. The number of rotatable bonds is 9. The predicted octanol–water partition coefficient (Wildman–Crippen LogP) is 1.94. The number of esters is 1. The van der Waals surface area contributed by atoms with E-state index in [9.17, 15) is 22.8 Å². The quantitative estimate of drug-likeness (QED) is 0.441. The van der Waals surface area contributed by atoms with E-state index in [-0.39, 0.29) is 29.7 Å². The van der Waals surface area contributed by atoms with Crippen LogP contribution in [-0.2, 0) is 30.6 Å². The van der Waals surface area contributed by atoms with Gasteiger partial charge in [0.2, 0.25) is 11.8 Å². The van der Waals surface area contributed by atoms with Crippen LogP contribution in [0.15, 0.2) is 53.4 Å². The molecule has 3 rings (SSSR count). The number of carbonyl (C=O) groups excluding carboxylic acids is 3. The molecule has 0 aromatic heterocycles. The van der Waals surface area contributed by atoms with Crippen LogP contribution in [0, 0.1) is 0 Å². The van der Waals surface area contributed by atoms with Gasteiger partial charge in [-0.05, 0) is 55.3 Å². The lowest BCUT2D eigenvalue weighted by molar-refractivity contribution is -0.122. The topological polar surface area (TPSA) is 131 Å². The SMILES string of the molecule is CCOC(=O)c1ccc(NC(=O)CSC2NCC(S(=O)(=O)c3ccc(CC)cc3)C(=O)N2)cc1. The first-order valence-corrected chi connectivity index (χ1v) is 13.4. The van der Waals surface area contributed by atoms with Gasteiger partial charge in [0.25, 0.3) is 0 Å². The molecule has 182 valence electrons. The Bertz CT molecular complexity index is 1130. The smallest absolute Gasteiger partial charge is 0.338 e. The Labute approximate surface area is 202 Å². The summed E-state index contributed by atoms with van der Waals surface area (Å²) in [7, 11) is -3.84. The average molecular weight is 506 g/mol. The number of sulfone groups is 1. The first-order valence-electron chi connectivity index (χ1n) is 10.8. The molecule has 1 fully saturated rings. The second kappa shape index (κ2) is 11.5. The number of hydrogen-bond acceptors (Lipinski definition) is 8. The summed E-state index contributed by atoms with van der Waals surface area (Å²) < 4.78 is 30.7. The number of anilines is 1. The summed E-state index contributed by atoms with van der Waals surface area (Å²) in [5.74, 6) is -1.33. The van der Waals surface area contributed by atoms with Crippen LogP contribution in [-0.4, -0.2) is 55.9 Å². The average Bonchev–Trinajstić information content (AvgIpc) is 2.83. The molecule has 0 radical (unpaired) electrons. The highest BCUT2D eigenvalue weighted by molar-refractivity contribution is 8.00. The highest BCUT2D eigenvalue weighted by Crippen LogP contribution is 2.21. The van der Waals surface area contributed by atoms with E-state index in [4.69, 9.17) is 4.74 Å². The molecular formula is C23H27N3O6S2. The molecule has 2 unspecified atom stereocenters. The van der Waals surface area contributed by atoms with Crippen LogP contribution in [0.1, 0.15) is 29.8 Å². The number of hydrogen-bond donors (Lipinski definition) is 3. The second-order valence-electron chi connectivity index (χ2n) is 7.49. The van der Waals surface area contributed by atoms with Crippen LogP contribution in [0.4, 0.5) is 5.69 Å². The maximum absolute atomic E-state index is 12.9. The third kappa shape index (κ3) is 6.37. The summed E-state index contributed by atoms with van der Waals surface area (Å²) in [6.07, 6.45) is 0.789. The number of thioether (sulfide) groups is 1. The lowest BCUT2D eigenvalue weighted by atomic mass is 10.2. The molecule has 2 amide bonds. The van der Waals surface area contributed by atoms with Gasteiger partial charge in [0.1, 0.15) is 5.50 Å². The van der Waals surface area contributed by atoms with Gasteiger partial charge in [-0.3, -0.25) is 14.9 Å². The lowest BCUT2D eigenvalue weighted by Gasteiger charge is -2.29. The highest BCUT2D eigenvalue weighted by Gasteiger charge is 2.38. The van der Waals surface area contributed by atoms with Crippen molar-refractivity contribution in [2.75, 3.05) is 24.2 Å². The molecule has 0 saturated carbocycles. The standard InChI is InChI=1S/C23H27N3O6S2/c1-3-15-5-11-18(12-6-15)34(30,31)19-13-24-23(26-21(19)28)33-14-20(27)25-17-9-7-16(8-10-17)22(29)32-4-2/h5-12,19,23-24H,3-4,13-14H2,1-2H3,(H,25,27)(H,26,28). The van der Waals surface area contributed by atoms with E-state index >= 15 is 0 Å². The van der Waals surface area contributed by atoms with Crippen molar-refractivity contribution in [2.45, 2.75) is 35.9 Å². The number of nitrogens with one attached hydrogen (secondary N) is 3. The number of benzene rings is 2. The largest absolute Gasteiger partial charge is 0.462 e. The second-order valence-corrected chi connectivity index (χ2v) is 10.7. The molecule has 1 aliphatic rings. The van der Waals surface area contributed by atoms with Gasteiger partial charge in [-0.2, -0.15) is 0 Å². The van der Waals surface area contributed by atoms with E-state index in [1.165, 1.54) is 12.1 Å². The van der Waals surface area contributed by atoms with Crippen molar-refractivity contribution in [2.24, 2.45) is 0 Å². The molecule has 1 aliphatic heterocycles. The van der Waals surface area contributed by atoms with Gasteiger partial charge in [-0.25, -0.2) is 13.2 Å². The zero-order valence-corrected chi connectivity index (χ0v) is 20.5. The monoisotopic (exact) mass is 505 g/mol. The molecule has 1 heterocycles. The molecule has 2 aromatic carbocycles. The third-order valence-electron chi connectivity index (χ3n) is 5.15. The van der Waals surface area contributed by atoms with Crippen LogP contribution < -0.4 is 16.0 Å². The van der Waals surface area contributed by atoms with Gasteiger partial charge < -0.3 is 15.4 Å². The minimum absolute atomic E-state index is 0.0213. The molecule has 0 bridgehead atoms. The molecule has 2 atom stereocenters. The number of amides is 2. The molecule has 9 nitrogen and oxygen atoms in total. The van der Waals surface area contributed by atoms with Gasteiger partial charge in [-0.1, -0.05) is 19.1 Å². The molecule has 2 aromatic rings. The molecule has 34 heavy (non-hydrogen) atoms. The fourth-order valence-corrected chi connectivity index (χ4v) is 5.58. The summed E-state index contributed by atoms with van der Waals surface area (Å²) in [5.41, 5.74) is 1.31. The molecule has 0 spiro atoms. The summed E-state index contributed by atoms with van der Waals surface area (Å²) >= 11 is 1.13. The van der Waals surface area contributed by atoms with Crippen molar-refractivity contribution in [3.63, 3.8) is 0 Å². The minimum atomic E-state index is -3.84. The van der Waals surface area contributed by atoms with Gasteiger partial charge in [0, 0.05) is 12.2 Å². The Morgan fingerprint density at radius 2 is 1.76 bits per heavy atom. The van der Waals surface area contributed by atoms with Crippen LogP contribution in [0.5, 0.6) is 0 Å². The number of carbonyl (C=O) groups is 3. The van der Waals surface area contributed by atoms with Crippen LogP contribution >= 0.6 is 11.8 Å². The van der Waals surface area contributed by atoms with E-state index in [0.717, 1.165) is 23.7 Å². The van der Waals surface area contributed by atoms with E-state index in [1.807, 2.05) is 6.92 Å². The molecule has 11 heteroatoms. The van der Waals surface area contributed by atoms with Crippen LogP contribution in [0.25, 0.3) is 0 Å². The maximum Gasteiger partial charge on any atom is 0.338 e. The van der Waals surface area contributed by atoms with Gasteiger partial charge in [0.05, 0.1) is 22.8 Å². The summed E-state index contributed by atoms with van der Waals surface area (Å²) in [5, 5.41) is 7.05. The fourth-order valence-electron chi connectivity index (χ4n) is 3.27. The lowest BCUT2D eigenvalue weighted by Crippen LogP contribution is -2.59. The van der Waals surface area contributed by atoms with E-state index in [1.54, 1.807) is 43.3 Å². The zero-order valence-electron chi connectivity index (χ0n) is 18.9. The first-order chi connectivity index (χ1) is 16.2. The predicted molar refractivity (Wildman–Crippen MR) is 130 cm³/mol. The van der Waals surface area contributed by atoms with Crippen molar-refractivity contribution < 1.29 is 27.5 Å². The Morgan fingerprint density at radius 3 is 2.35 bits per heavy atom. The summed E-state index contributed by atoms with van der Waals surface area (Å²) in [4.78, 5) is 36.6. The summed E-state index contributed by atoms with van der Waals surface area (Å²) in [6.45, 7) is 3.91. The van der Waals surface area contributed by atoms with Gasteiger partial charge >= 0.3 is 5.97 Å². The Morgan fingerprint density at radius 1 is 1.09 bits per heavy atom. The van der Waals surface area contributed by atoms with Gasteiger partial charge in [0.15, 0.2) is 15.1 Å². The Balaban J connectivity index is 1.49. The van der Waals surface area contributed by atoms with Crippen LogP contribution in [0.3, 0.4) is 0 Å². The molecular weight excluding hydrogens is 478 g/mol. The highest BCUT2D eigenvalue weighted by atomic mass is 32.2.